The maximum Gasteiger partial charge on any atom is 0.240 e. The van der Waals surface area contributed by atoms with Crippen molar-refractivity contribution >= 4 is 39.7 Å². The van der Waals surface area contributed by atoms with Gasteiger partial charge >= 0.3 is 0 Å². The zero-order chi connectivity index (χ0) is 21.9. The molecule has 2 aromatic carbocycles. The molecule has 164 valence electrons. The zero-order valence-electron chi connectivity index (χ0n) is 17.8. The number of aromatic nitrogens is 1. The van der Waals surface area contributed by atoms with E-state index >= 15 is 0 Å². The molecule has 3 heterocycles. The van der Waals surface area contributed by atoms with E-state index in [-0.39, 0.29) is 11.9 Å². The van der Waals surface area contributed by atoms with Gasteiger partial charge in [-0.05, 0) is 54.1 Å². The first-order valence-electron chi connectivity index (χ1n) is 11.0. The highest BCUT2D eigenvalue weighted by Gasteiger charge is 2.22. The predicted octanol–water partition coefficient (Wildman–Crippen LogP) is 5.80. The number of nitrogens with one attached hydrogen (secondary N) is 1. The molecule has 4 aromatic rings. The van der Waals surface area contributed by atoms with Crippen LogP contribution in [0.5, 0.6) is 0 Å². The van der Waals surface area contributed by atoms with E-state index in [0.717, 1.165) is 53.9 Å². The average Bonchev–Trinajstić information content (AvgIpc) is 3.44. The Morgan fingerprint density at radius 3 is 2.59 bits per heavy atom. The van der Waals surface area contributed by atoms with Gasteiger partial charge in [0.15, 0.2) is 0 Å². The summed E-state index contributed by atoms with van der Waals surface area (Å²) in [6.45, 7) is 3.29. The highest BCUT2D eigenvalue weighted by Crippen LogP contribution is 2.32. The molecule has 0 atom stereocenters. The Morgan fingerprint density at radius 1 is 1.03 bits per heavy atom. The van der Waals surface area contributed by atoms with Crippen molar-refractivity contribution < 1.29 is 4.79 Å². The number of likely N-dealkylation sites (tertiary alicyclic amines) is 1. The van der Waals surface area contributed by atoms with Crippen LogP contribution in [0, 0.1) is 0 Å². The van der Waals surface area contributed by atoms with Crippen molar-refractivity contribution in [3.8, 4) is 10.6 Å². The van der Waals surface area contributed by atoms with Gasteiger partial charge in [-0.2, -0.15) is 0 Å². The molecule has 1 N–H and O–H groups in total. The van der Waals surface area contributed by atoms with Gasteiger partial charge in [0.25, 0.3) is 0 Å². The SMILES string of the molecule is O=C(Cn1c(-c2cccs2)cc2cc(Cl)ccc21)NC1CCN(Cc2ccccc2)CC1. The minimum atomic E-state index is 0.0664. The van der Waals surface area contributed by atoms with E-state index in [4.69, 9.17) is 11.6 Å². The Morgan fingerprint density at radius 2 is 1.84 bits per heavy atom. The van der Waals surface area contributed by atoms with E-state index in [2.05, 4.69) is 62.6 Å². The van der Waals surface area contributed by atoms with Crippen molar-refractivity contribution in [3.05, 3.63) is 82.7 Å². The van der Waals surface area contributed by atoms with Crippen LogP contribution >= 0.6 is 22.9 Å². The first-order chi connectivity index (χ1) is 15.7. The number of thiophene rings is 1. The van der Waals surface area contributed by atoms with Crippen LogP contribution in [0.2, 0.25) is 5.02 Å². The maximum absolute atomic E-state index is 13.0. The molecule has 5 rings (SSSR count). The number of hydrogen-bond acceptors (Lipinski definition) is 3. The molecule has 1 amide bonds. The van der Waals surface area contributed by atoms with Crippen LogP contribution in [0.3, 0.4) is 0 Å². The second-order valence-electron chi connectivity index (χ2n) is 8.40. The van der Waals surface area contributed by atoms with E-state index < -0.39 is 0 Å². The first-order valence-corrected chi connectivity index (χ1v) is 12.3. The quantitative estimate of drug-likeness (QED) is 0.392. The number of carbonyl (C=O) groups excluding carboxylic acids is 1. The molecule has 0 unspecified atom stereocenters. The number of nitrogens with zero attached hydrogens (tertiary/aromatic N) is 2. The molecule has 0 radical (unpaired) electrons. The molecule has 1 fully saturated rings. The third-order valence-corrected chi connectivity index (χ3v) is 7.27. The summed E-state index contributed by atoms with van der Waals surface area (Å²) in [5.41, 5.74) is 3.44. The lowest BCUT2D eigenvalue weighted by atomic mass is 10.0. The summed E-state index contributed by atoms with van der Waals surface area (Å²) < 4.78 is 2.11. The molecular formula is C26H26ClN3OS. The molecule has 0 saturated carbocycles. The third-order valence-electron chi connectivity index (χ3n) is 6.14. The smallest absolute Gasteiger partial charge is 0.240 e. The van der Waals surface area contributed by atoms with Gasteiger partial charge in [0.2, 0.25) is 5.91 Å². The first kappa shape index (κ1) is 21.3. The van der Waals surface area contributed by atoms with Gasteiger partial charge < -0.3 is 9.88 Å². The molecule has 32 heavy (non-hydrogen) atoms. The van der Waals surface area contributed by atoms with Gasteiger partial charge in [-0.1, -0.05) is 48.0 Å². The van der Waals surface area contributed by atoms with Crippen molar-refractivity contribution in [2.75, 3.05) is 13.1 Å². The van der Waals surface area contributed by atoms with Crippen LogP contribution in [0.1, 0.15) is 18.4 Å². The summed E-state index contributed by atoms with van der Waals surface area (Å²) in [6.07, 6.45) is 1.97. The minimum Gasteiger partial charge on any atom is -0.352 e. The number of rotatable bonds is 6. The highest BCUT2D eigenvalue weighted by atomic mass is 35.5. The summed E-state index contributed by atoms with van der Waals surface area (Å²) in [5.74, 6) is 0.0664. The minimum absolute atomic E-state index is 0.0664. The lowest BCUT2D eigenvalue weighted by molar-refractivity contribution is -0.122. The number of piperidine rings is 1. The standard InChI is InChI=1S/C26H26ClN3OS/c27-21-8-9-23-20(15-21)16-24(25-7-4-14-32-25)30(23)18-26(31)28-22-10-12-29(13-11-22)17-19-5-2-1-3-6-19/h1-9,14-16,22H,10-13,17-18H2,(H,28,31). The van der Waals surface area contributed by atoms with Gasteiger partial charge in [0.1, 0.15) is 6.54 Å². The lowest BCUT2D eigenvalue weighted by Crippen LogP contribution is -2.45. The molecule has 0 spiro atoms. The summed E-state index contributed by atoms with van der Waals surface area (Å²) in [4.78, 5) is 16.6. The Labute approximate surface area is 197 Å². The summed E-state index contributed by atoms with van der Waals surface area (Å²) in [5, 5.41) is 7.11. The van der Waals surface area contributed by atoms with Gasteiger partial charge in [0, 0.05) is 41.6 Å². The molecule has 2 aromatic heterocycles. The molecule has 1 aliphatic rings. The maximum atomic E-state index is 13.0. The summed E-state index contributed by atoms with van der Waals surface area (Å²) in [6, 6.07) is 22.9. The molecule has 1 aliphatic heterocycles. The van der Waals surface area contributed by atoms with Crippen LogP contribution in [0.4, 0.5) is 0 Å². The fraction of sp³-hybridized carbons (Fsp3) is 0.269. The number of carbonyl (C=O) groups is 1. The largest absolute Gasteiger partial charge is 0.352 e. The number of halogens is 1. The van der Waals surface area contributed by atoms with Gasteiger partial charge in [-0.3, -0.25) is 9.69 Å². The van der Waals surface area contributed by atoms with Crippen LogP contribution in [-0.4, -0.2) is 34.5 Å². The molecule has 0 bridgehead atoms. The monoisotopic (exact) mass is 463 g/mol. The molecule has 1 saturated heterocycles. The Kier molecular flexibility index (Phi) is 6.30. The van der Waals surface area contributed by atoms with Gasteiger partial charge in [-0.15, -0.1) is 11.3 Å². The van der Waals surface area contributed by atoms with Crippen molar-refractivity contribution in [3.63, 3.8) is 0 Å². The Hall–Kier alpha value is -2.60. The summed E-state index contributed by atoms with van der Waals surface area (Å²) >= 11 is 7.89. The normalized spacial score (nSPS) is 15.3. The van der Waals surface area contributed by atoms with Gasteiger partial charge in [-0.25, -0.2) is 0 Å². The fourth-order valence-electron chi connectivity index (χ4n) is 4.53. The van der Waals surface area contributed by atoms with Gasteiger partial charge in [0.05, 0.1) is 10.6 Å². The van der Waals surface area contributed by atoms with E-state index in [0.29, 0.717) is 11.6 Å². The molecular weight excluding hydrogens is 438 g/mol. The number of hydrogen-bond donors (Lipinski definition) is 1. The topological polar surface area (TPSA) is 37.3 Å². The van der Waals surface area contributed by atoms with Crippen molar-refractivity contribution in [1.82, 2.24) is 14.8 Å². The lowest BCUT2D eigenvalue weighted by Gasteiger charge is -2.32. The average molecular weight is 464 g/mol. The van der Waals surface area contributed by atoms with Crippen LogP contribution in [0.15, 0.2) is 72.1 Å². The van der Waals surface area contributed by atoms with E-state index in [1.807, 2.05) is 24.3 Å². The Balaban J connectivity index is 1.24. The second-order valence-corrected chi connectivity index (χ2v) is 9.78. The van der Waals surface area contributed by atoms with Crippen molar-refractivity contribution in [2.45, 2.75) is 32.0 Å². The van der Waals surface area contributed by atoms with E-state index in [1.165, 1.54) is 5.56 Å². The zero-order valence-corrected chi connectivity index (χ0v) is 19.4. The van der Waals surface area contributed by atoms with E-state index in [1.54, 1.807) is 11.3 Å². The molecule has 4 nitrogen and oxygen atoms in total. The van der Waals surface area contributed by atoms with Crippen LogP contribution < -0.4 is 5.32 Å². The summed E-state index contributed by atoms with van der Waals surface area (Å²) in [7, 11) is 0. The third kappa shape index (κ3) is 4.75. The number of fused-ring (bicyclic) bond motifs is 1. The molecule has 6 heteroatoms. The second kappa shape index (κ2) is 9.49. The predicted molar refractivity (Wildman–Crippen MR) is 133 cm³/mol. The van der Waals surface area contributed by atoms with Crippen LogP contribution in [-0.2, 0) is 17.9 Å². The molecule has 0 aliphatic carbocycles. The number of benzene rings is 2. The Bertz CT molecular complexity index is 1190. The van der Waals surface area contributed by atoms with Crippen molar-refractivity contribution in [2.24, 2.45) is 0 Å². The van der Waals surface area contributed by atoms with E-state index in [9.17, 15) is 4.79 Å². The number of amides is 1. The van der Waals surface area contributed by atoms with Crippen molar-refractivity contribution in [1.29, 1.82) is 0 Å². The highest BCUT2D eigenvalue weighted by molar-refractivity contribution is 7.13. The van der Waals surface area contributed by atoms with Crippen LogP contribution in [0.25, 0.3) is 21.5 Å². The fourth-order valence-corrected chi connectivity index (χ4v) is 5.47.